The Morgan fingerprint density at radius 3 is 2.48 bits per heavy atom. The highest BCUT2D eigenvalue weighted by Crippen LogP contribution is 2.24. The van der Waals surface area contributed by atoms with Crippen molar-refractivity contribution in [2.75, 3.05) is 11.9 Å². The van der Waals surface area contributed by atoms with Crippen LogP contribution in [0.4, 0.5) is 23.7 Å². The lowest BCUT2D eigenvalue weighted by atomic mass is 10.2. The van der Waals surface area contributed by atoms with Gasteiger partial charge in [-0.3, -0.25) is 0 Å². The average molecular weight is 303 g/mol. The van der Waals surface area contributed by atoms with Crippen molar-refractivity contribution in [1.82, 2.24) is 4.90 Å². The van der Waals surface area contributed by atoms with Gasteiger partial charge in [-0.05, 0) is 37.6 Å². The van der Waals surface area contributed by atoms with Crippen LogP contribution in [0.25, 0.3) is 0 Å². The fraction of sp³-hybridized carbons (Fsp3) is 0.462. The smallest absolute Gasteiger partial charge is 0.406 e. The molecule has 1 saturated heterocycles. The number of likely N-dealkylation sites (tertiary alicyclic amines) is 1. The van der Waals surface area contributed by atoms with Gasteiger partial charge in [-0.2, -0.15) is 0 Å². The fourth-order valence-corrected chi connectivity index (χ4v) is 2.19. The van der Waals surface area contributed by atoms with E-state index < -0.39 is 6.36 Å². The van der Waals surface area contributed by atoms with Gasteiger partial charge in [0.05, 0.1) is 0 Å². The number of rotatable bonds is 2. The van der Waals surface area contributed by atoms with Gasteiger partial charge in [-0.1, -0.05) is 0 Å². The number of alkyl halides is 3. The zero-order chi connectivity index (χ0) is 15.6. The lowest BCUT2D eigenvalue weighted by Crippen LogP contribution is -2.42. The molecule has 1 aromatic carbocycles. The number of nitrogens with zero attached hydrogens (tertiary/aromatic N) is 1. The van der Waals surface area contributed by atoms with Gasteiger partial charge in [0.25, 0.3) is 0 Å². The largest absolute Gasteiger partial charge is 0.573 e. The number of benzene rings is 1. The zero-order valence-corrected chi connectivity index (χ0v) is 11.4. The van der Waals surface area contributed by atoms with Gasteiger partial charge in [-0.15, -0.1) is 13.2 Å². The maximum Gasteiger partial charge on any atom is 0.573 e. The van der Waals surface area contributed by atoms with Crippen molar-refractivity contribution in [1.29, 1.82) is 0 Å². The van der Waals surface area contributed by atoms with Gasteiger partial charge in [0.1, 0.15) is 5.75 Å². The number of hydrogen-bond donors (Lipinski definition) is 2. The Kier molecular flexibility index (Phi) is 4.26. The van der Waals surface area contributed by atoms with Crippen molar-refractivity contribution in [2.24, 2.45) is 5.73 Å². The zero-order valence-electron chi connectivity index (χ0n) is 11.4. The van der Waals surface area contributed by atoms with Crippen molar-refractivity contribution >= 4 is 11.7 Å². The minimum atomic E-state index is -4.73. The van der Waals surface area contributed by atoms with Gasteiger partial charge in [0.2, 0.25) is 0 Å². The maximum atomic E-state index is 12.0. The number of anilines is 1. The fourth-order valence-electron chi connectivity index (χ4n) is 2.19. The van der Waals surface area contributed by atoms with Crippen molar-refractivity contribution in [3.63, 3.8) is 0 Å². The van der Waals surface area contributed by atoms with Crippen LogP contribution in [0.2, 0.25) is 0 Å². The van der Waals surface area contributed by atoms with Crippen molar-refractivity contribution in [3.8, 4) is 5.75 Å². The molecule has 8 heteroatoms. The van der Waals surface area contributed by atoms with Crippen molar-refractivity contribution < 1.29 is 22.7 Å². The Morgan fingerprint density at radius 2 is 2.00 bits per heavy atom. The standard InChI is InChI=1S/C13H16F3N3O2/c1-8-11(17)6-7-19(8)12(20)18-9-2-4-10(5-3-9)21-13(14,15)16/h2-5,8,11H,6-7,17H2,1H3,(H,18,20). The summed E-state index contributed by atoms with van der Waals surface area (Å²) < 4.78 is 39.8. The van der Waals surface area contributed by atoms with E-state index in [9.17, 15) is 18.0 Å². The monoisotopic (exact) mass is 303 g/mol. The highest BCUT2D eigenvalue weighted by Gasteiger charge is 2.32. The summed E-state index contributed by atoms with van der Waals surface area (Å²) in [5, 5.41) is 2.62. The van der Waals surface area contributed by atoms with Crippen LogP contribution in [0, 0.1) is 0 Å². The number of ether oxygens (including phenoxy) is 1. The summed E-state index contributed by atoms with van der Waals surface area (Å²) in [6.07, 6.45) is -4.00. The first-order valence-electron chi connectivity index (χ1n) is 6.45. The molecule has 0 aromatic heterocycles. The van der Waals surface area contributed by atoms with Crippen LogP contribution in [0.5, 0.6) is 5.75 Å². The second-order valence-corrected chi connectivity index (χ2v) is 4.89. The van der Waals surface area contributed by atoms with Crippen LogP contribution in [-0.4, -0.2) is 35.9 Å². The third-order valence-electron chi connectivity index (χ3n) is 3.41. The molecule has 2 amide bonds. The molecule has 1 heterocycles. The van der Waals surface area contributed by atoms with Gasteiger partial charge >= 0.3 is 12.4 Å². The normalized spacial score (nSPS) is 22.2. The van der Waals surface area contributed by atoms with E-state index in [0.717, 1.165) is 18.6 Å². The number of amides is 2. The molecule has 5 nitrogen and oxygen atoms in total. The van der Waals surface area contributed by atoms with E-state index in [1.54, 1.807) is 4.90 Å². The SMILES string of the molecule is CC1C(N)CCN1C(=O)Nc1ccc(OC(F)(F)F)cc1. The van der Waals surface area contributed by atoms with E-state index in [2.05, 4.69) is 10.1 Å². The van der Waals surface area contributed by atoms with Crippen LogP contribution in [-0.2, 0) is 0 Å². The summed E-state index contributed by atoms with van der Waals surface area (Å²) in [7, 11) is 0. The molecule has 0 radical (unpaired) electrons. The number of urea groups is 1. The first kappa shape index (κ1) is 15.4. The minimum Gasteiger partial charge on any atom is -0.406 e. The molecular weight excluding hydrogens is 287 g/mol. The van der Waals surface area contributed by atoms with Crippen LogP contribution in [0.1, 0.15) is 13.3 Å². The maximum absolute atomic E-state index is 12.0. The molecule has 2 unspecified atom stereocenters. The predicted octanol–water partition coefficient (Wildman–Crippen LogP) is 2.54. The Balaban J connectivity index is 1.96. The molecule has 116 valence electrons. The summed E-state index contributed by atoms with van der Waals surface area (Å²) >= 11 is 0. The van der Waals surface area contributed by atoms with Gasteiger partial charge in [0, 0.05) is 24.3 Å². The molecule has 0 bridgehead atoms. The molecule has 0 saturated carbocycles. The molecule has 1 aromatic rings. The summed E-state index contributed by atoms with van der Waals surface area (Å²) in [6.45, 7) is 2.42. The third-order valence-corrected chi connectivity index (χ3v) is 3.41. The quantitative estimate of drug-likeness (QED) is 0.882. The number of carbonyl (C=O) groups excluding carboxylic acids is 1. The van der Waals surface area contributed by atoms with E-state index >= 15 is 0 Å². The number of nitrogens with one attached hydrogen (secondary N) is 1. The molecule has 2 atom stereocenters. The van der Waals surface area contributed by atoms with E-state index in [4.69, 9.17) is 5.73 Å². The second-order valence-electron chi connectivity index (χ2n) is 4.89. The van der Waals surface area contributed by atoms with Gasteiger partial charge < -0.3 is 20.7 Å². The molecule has 3 N–H and O–H groups in total. The highest BCUT2D eigenvalue weighted by molar-refractivity contribution is 5.89. The predicted molar refractivity (Wildman–Crippen MR) is 70.9 cm³/mol. The summed E-state index contributed by atoms with van der Waals surface area (Å²) in [5.74, 6) is -0.336. The Morgan fingerprint density at radius 1 is 1.38 bits per heavy atom. The third kappa shape index (κ3) is 4.01. The van der Waals surface area contributed by atoms with E-state index in [1.807, 2.05) is 6.92 Å². The Hall–Kier alpha value is -1.96. The number of hydrogen-bond acceptors (Lipinski definition) is 3. The van der Waals surface area contributed by atoms with E-state index in [0.29, 0.717) is 12.2 Å². The van der Waals surface area contributed by atoms with E-state index in [1.165, 1.54) is 12.1 Å². The molecule has 2 rings (SSSR count). The molecule has 21 heavy (non-hydrogen) atoms. The van der Waals surface area contributed by atoms with Gasteiger partial charge in [-0.25, -0.2) is 4.79 Å². The lowest BCUT2D eigenvalue weighted by molar-refractivity contribution is -0.274. The number of carbonyl (C=O) groups is 1. The van der Waals surface area contributed by atoms with Crippen LogP contribution in [0.3, 0.4) is 0 Å². The van der Waals surface area contributed by atoms with Gasteiger partial charge in [0.15, 0.2) is 0 Å². The molecule has 0 aliphatic carbocycles. The first-order valence-corrected chi connectivity index (χ1v) is 6.45. The first-order chi connectivity index (χ1) is 9.76. The van der Waals surface area contributed by atoms with Crippen LogP contribution < -0.4 is 15.8 Å². The molecule has 1 fully saturated rings. The average Bonchev–Trinajstić information content (AvgIpc) is 2.71. The van der Waals surface area contributed by atoms with Crippen LogP contribution in [0.15, 0.2) is 24.3 Å². The van der Waals surface area contributed by atoms with Crippen molar-refractivity contribution in [3.05, 3.63) is 24.3 Å². The summed E-state index contributed by atoms with van der Waals surface area (Å²) in [4.78, 5) is 13.6. The molecule has 1 aliphatic heterocycles. The van der Waals surface area contributed by atoms with Crippen LogP contribution >= 0.6 is 0 Å². The number of halogens is 3. The number of nitrogens with two attached hydrogens (primary N) is 1. The minimum absolute atomic E-state index is 0.0571. The highest BCUT2D eigenvalue weighted by atomic mass is 19.4. The molecule has 1 aliphatic rings. The second kappa shape index (κ2) is 5.80. The lowest BCUT2D eigenvalue weighted by Gasteiger charge is -2.23. The summed E-state index contributed by atoms with van der Waals surface area (Å²) in [6, 6.07) is 4.53. The summed E-state index contributed by atoms with van der Waals surface area (Å²) in [5.41, 5.74) is 6.22. The van der Waals surface area contributed by atoms with E-state index in [-0.39, 0.29) is 23.9 Å². The Labute approximate surface area is 119 Å². The topological polar surface area (TPSA) is 67.6 Å². The van der Waals surface area contributed by atoms with Crippen molar-refractivity contribution in [2.45, 2.75) is 31.8 Å². The Bertz CT molecular complexity index is 504. The molecular formula is C13H16F3N3O2. The molecule has 0 spiro atoms.